The number of carbonyl (C=O) groups is 1. The summed E-state index contributed by atoms with van der Waals surface area (Å²) in [6.45, 7) is 6.14. The van der Waals surface area contributed by atoms with Gasteiger partial charge in [0.2, 0.25) is 5.91 Å². The van der Waals surface area contributed by atoms with E-state index in [-0.39, 0.29) is 22.9 Å². The molecule has 1 saturated carbocycles. The molecule has 0 radical (unpaired) electrons. The lowest BCUT2D eigenvalue weighted by atomic mass is 9.76. The summed E-state index contributed by atoms with van der Waals surface area (Å²) in [6.07, 6.45) is 8.57. The van der Waals surface area contributed by atoms with Crippen LogP contribution in [0, 0.1) is 5.41 Å². The van der Waals surface area contributed by atoms with Gasteiger partial charge in [-0.05, 0) is 51.7 Å². The van der Waals surface area contributed by atoms with Crippen molar-refractivity contribution in [2.75, 3.05) is 27.2 Å². The van der Waals surface area contributed by atoms with Gasteiger partial charge in [0.25, 0.3) is 0 Å². The predicted octanol–water partition coefficient (Wildman–Crippen LogP) is 2.15. The van der Waals surface area contributed by atoms with Gasteiger partial charge in [0.1, 0.15) is 0 Å². The molecule has 1 amide bonds. The van der Waals surface area contributed by atoms with Crippen molar-refractivity contribution in [2.45, 2.75) is 70.4 Å². The minimum Gasteiger partial charge on any atom is -0.353 e. The summed E-state index contributed by atoms with van der Waals surface area (Å²) >= 11 is 0. The third-order valence-electron chi connectivity index (χ3n) is 5.71. The largest absolute Gasteiger partial charge is 0.353 e. The molecule has 4 nitrogen and oxygen atoms in total. The topological polar surface area (TPSA) is 44.4 Å². The summed E-state index contributed by atoms with van der Waals surface area (Å²) < 4.78 is 0. The Kier molecular flexibility index (Phi) is 5.31. The minimum atomic E-state index is -0.0472. The van der Waals surface area contributed by atoms with Crippen LogP contribution >= 0.6 is 0 Å². The molecule has 122 valence electrons. The highest BCUT2D eigenvalue weighted by Crippen LogP contribution is 2.33. The lowest BCUT2D eigenvalue weighted by Gasteiger charge is -2.44. The van der Waals surface area contributed by atoms with Gasteiger partial charge in [0, 0.05) is 12.1 Å². The van der Waals surface area contributed by atoms with Crippen molar-refractivity contribution in [3.8, 4) is 0 Å². The van der Waals surface area contributed by atoms with Gasteiger partial charge in [-0.2, -0.15) is 0 Å². The molecule has 4 heteroatoms. The number of hydrogen-bond donors (Lipinski definition) is 2. The van der Waals surface area contributed by atoms with Crippen molar-refractivity contribution in [1.29, 1.82) is 0 Å². The van der Waals surface area contributed by atoms with Gasteiger partial charge in [-0.25, -0.2) is 0 Å². The van der Waals surface area contributed by atoms with Crippen molar-refractivity contribution in [3.63, 3.8) is 0 Å². The molecule has 1 unspecified atom stereocenters. The summed E-state index contributed by atoms with van der Waals surface area (Å²) in [4.78, 5) is 15.0. The molecule has 1 heterocycles. The maximum atomic E-state index is 12.6. The van der Waals surface area contributed by atoms with E-state index in [2.05, 4.69) is 43.5 Å². The molecule has 2 aliphatic rings. The predicted molar refractivity (Wildman–Crippen MR) is 87.3 cm³/mol. The van der Waals surface area contributed by atoms with E-state index in [0.29, 0.717) is 0 Å². The first-order valence-corrected chi connectivity index (χ1v) is 8.56. The number of amides is 1. The normalized spacial score (nSPS) is 28.3. The number of carbonyl (C=O) groups excluding carboxylic acids is 1. The maximum Gasteiger partial charge on any atom is 0.237 e. The van der Waals surface area contributed by atoms with Crippen LogP contribution in [0.2, 0.25) is 0 Å². The molecule has 0 aromatic heterocycles. The zero-order chi connectivity index (χ0) is 15.5. The smallest absolute Gasteiger partial charge is 0.237 e. The zero-order valence-electron chi connectivity index (χ0n) is 14.3. The number of nitrogens with one attached hydrogen (secondary N) is 2. The van der Waals surface area contributed by atoms with Gasteiger partial charge in [-0.3, -0.25) is 4.79 Å². The highest BCUT2D eigenvalue weighted by atomic mass is 16.2. The molecule has 0 aromatic carbocycles. The van der Waals surface area contributed by atoms with Crippen LogP contribution in [0.15, 0.2) is 0 Å². The summed E-state index contributed by atoms with van der Waals surface area (Å²) in [5, 5.41) is 6.67. The average molecular weight is 295 g/mol. The van der Waals surface area contributed by atoms with Gasteiger partial charge in [0.15, 0.2) is 0 Å². The number of likely N-dealkylation sites (N-methyl/N-ethyl adjacent to an activating group) is 1. The van der Waals surface area contributed by atoms with Crippen LogP contribution in [0.25, 0.3) is 0 Å². The molecule has 2 fully saturated rings. The molecule has 2 rings (SSSR count). The van der Waals surface area contributed by atoms with Gasteiger partial charge >= 0.3 is 0 Å². The summed E-state index contributed by atoms with van der Waals surface area (Å²) in [5.74, 6) is 0.187. The second-order valence-corrected chi connectivity index (χ2v) is 7.88. The summed E-state index contributed by atoms with van der Waals surface area (Å²) in [7, 11) is 4.31. The molecule has 0 bridgehead atoms. The lowest BCUT2D eigenvalue weighted by Crippen LogP contribution is -2.59. The number of rotatable bonds is 4. The fraction of sp³-hybridized carbons (Fsp3) is 0.941. The molecule has 21 heavy (non-hydrogen) atoms. The van der Waals surface area contributed by atoms with E-state index in [1.807, 2.05) is 0 Å². The monoisotopic (exact) mass is 295 g/mol. The lowest BCUT2D eigenvalue weighted by molar-refractivity contribution is -0.127. The van der Waals surface area contributed by atoms with Crippen LogP contribution in [0.5, 0.6) is 0 Å². The molecular weight excluding hydrogens is 262 g/mol. The quantitative estimate of drug-likeness (QED) is 0.835. The Labute approximate surface area is 130 Å². The first-order chi connectivity index (χ1) is 9.87. The molecule has 1 aliphatic heterocycles. The van der Waals surface area contributed by atoms with Gasteiger partial charge in [-0.15, -0.1) is 0 Å². The first-order valence-electron chi connectivity index (χ1n) is 8.56. The SMILES string of the molecule is CN(C)C1(CNC(=O)C2NCCCC2(C)C)CCCCC1. The van der Waals surface area contributed by atoms with E-state index >= 15 is 0 Å². The Morgan fingerprint density at radius 2 is 1.81 bits per heavy atom. The summed E-state index contributed by atoms with van der Waals surface area (Å²) in [6, 6.07) is -0.0472. The Morgan fingerprint density at radius 1 is 1.14 bits per heavy atom. The van der Waals surface area contributed by atoms with Gasteiger partial charge in [-0.1, -0.05) is 33.1 Å². The van der Waals surface area contributed by atoms with Crippen molar-refractivity contribution in [3.05, 3.63) is 0 Å². The Morgan fingerprint density at radius 3 is 2.38 bits per heavy atom. The highest BCUT2D eigenvalue weighted by molar-refractivity contribution is 5.82. The van der Waals surface area contributed by atoms with Crippen LogP contribution < -0.4 is 10.6 Å². The molecule has 1 aliphatic carbocycles. The van der Waals surface area contributed by atoms with Crippen LogP contribution in [0.3, 0.4) is 0 Å². The van der Waals surface area contributed by atoms with Gasteiger partial charge in [0.05, 0.1) is 6.04 Å². The van der Waals surface area contributed by atoms with Crippen LogP contribution in [0.1, 0.15) is 58.8 Å². The number of hydrogen-bond acceptors (Lipinski definition) is 3. The van der Waals surface area contributed by atoms with Crippen LogP contribution in [0.4, 0.5) is 0 Å². The summed E-state index contributed by atoms with van der Waals surface area (Å²) in [5.41, 5.74) is 0.215. The number of nitrogens with zero attached hydrogens (tertiary/aromatic N) is 1. The van der Waals surface area contributed by atoms with E-state index in [1.54, 1.807) is 0 Å². The van der Waals surface area contributed by atoms with Crippen LogP contribution in [-0.4, -0.2) is 49.6 Å². The zero-order valence-corrected chi connectivity index (χ0v) is 14.3. The molecule has 1 saturated heterocycles. The first kappa shape index (κ1) is 16.8. The second kappa shape index (κ2) is 6.66. The van der Waals surface area contributed by atoms with Crippen molar-refractivity contribution < 1.29 is 4.79 Å². The molecule has 0 spiro atoms. The van der Waals surface area contributed by atoms with Crippen LogP contribution in [-0.2, 0) is 4.79 Å². The van der Waals surface area contributed by atoms with E-state index < -0.39 is 0 Å². The van der Waals surface area contributed by atoms with E-state index in [9.17, 15) is 4.79 Å². The fourth-order valence-corrected chi connectivity index (χ4v) is 4.00. The Bertz CT molecular complexity index is 359. The van der Waals surface area contributed by atoms with Gasteiger partial charge < -0.3 is 15.5 Å². The molecule has 2 N–H and O–H groups in total. The van der Waals surface area contributed by atoms with E-state index in [4.69, 9.17) is 0 Å². The van der Waals surface area contributed by atoms with Crippen molar-refractivity contribution >= 4 is 5.91 Å². The standard InChI is InChI=1S/C17H33N3O/c1-16(2)9-8-12-18-14(16)15(21)19-13-17(20(3)4)10-6-5-7-11-17/h14,18H,5-13H2,1-4H3,(H,19,21). The minimum absolute atomic E-state index is 0.0472. The third kappa shape index (κ3) is 3.78. The Hall–Kier alpha value is -0.610. The molecular formula is C17H33N3O. The number of piperidine rings is 1. The maximum absolute atomic E-state index is 12.6. The fourth-order valence-electron chi connectivity index (χ4n) is 4.00. The average Bonchev–Trinajstić information content (AvgIpc) is 2.45. The third-order valence-corrected chi connectivity index (χ3v) is 5.71. The van der Waals surface area contributed by atoms with E-state index in [1.165, 1.54) is 38.5 Å². The van der Waals surface area contributed by atoms with E-state index in [0.717, 1.165) is 19.5 Å². The molecule has 0 aromatic rings. The Balaban J connectivity index is 1.95. The van der Waals surface area contributed by atoms with Crippen molar-refractivity contribution in [2.24, 2.45) is 5.41 Å². The molecule has 1 atom stereocenters. The highest BCUT2D eigenvalue weighted by Gasteiger charge is 2.39. The second-order valence-electron chi connectivity index (χ2n) is 7.88. The van der Waals surface area contributed by atoms with Crippen molar-refractivity contribution in [1.82, 2.24) is 15.5 Å².